The Bertz CT molecular complexity index is 583. The number of benzene rings is 1. The normalized spacial score (nSPS) is 10.3. The van der Waals surface area contributed by atoms with Crippen molar-refractivity contribution in [3.05, 3.63) is 45.4 Å². The van der Waals surface area contributed by atoms with Crippen LogP contribution in [0.5, 0.6) is 5.75 Å². The molecular formula is C14H15ClN2O2S. The molecule has 0 aliphatic heterocycles. The van der Waals surface area contributed by atoms with Gasteiger partial charge in [0.05, 0.1) is 17.2 Å². The minimum atomic E-state index is -0.0920. The van der Waals surface area contributed by atoms with Crippen molar-refractivity contribution in [2.24, 2.45) is 0 Å². The summed E-state index contributed by atoms with van der Waals surface area (Å²) in [7, 11) is 1.74. The molecule has 1 amide bonds. The fourth-order valence-electron chi connectivity index (χ4n) is 1.60. The van der Waals surface area contributed by atoms with E-state index < -0.39 is 0 Å². The number of carbonyl (C=O) groups excluding carboxylic acids is 1. The highest BCUT2D eigenvalue weighted by Gasteiger charge is 2.11. The molecule has 1 heterocycles. The summed E-state index contributed by atoms with van der Waals surface area (Å²) in [6.07, 6.45) is 0. The van der Waals surface area contributed by atoms with Crippen molar-refractivity contribution >= 4 is 28.8 Å². The van der Waals surface area contributed by atoms with E-state index in [1.165, 1.54) is 0 Å². The van der Waals surface area contributed by atoms with Crippen molar-refractivity contribution in [1.29, 1.82) is 0 Å². The number of carbonyl (C=O) groups is 1. The lowest BCUT2D eigenvalue weighted by Gasteiger charge is -2.16. The van der Waals surface area contributed by atoms with Crippen LogP contribution in [0.3, 0.4) is 0 Å². The number of halogens is 1. The molecule has 0 fully saturated rings. The zero-order valence-corrected chi connectivity index (χ0v) is 12.9. The van der Waals surface area contributed by atoms with E-state index in [0.717, 1.165) is 10.7 Å². The minimum Gasteiger partial charge on any atom is -0.484 e. The summed E-state index contributed by atoms with van der Waals surface area (Å²) < 4.78 is 5.42. The quantitative estimate of drug-likeness (QED) is 0.852. The fraction of sp³-hybridized carbons (Fsp3) is 0.286. The average molecular weight is 311 g/mol. The fourth-order valence-corrected chi connectivity index (χ4v) is 2.33. The Balaban J connectivity index is 1.83. The number of nitrogens with zero attached hydrogens (tertiary/aromatic N) is 2. The average Bonchev–Trinajstić information content (AvgIpc) is 2.83. The molecule has 0 atom stereocenters. The molecule has 106 valence electrons. The Morgan fingerprint density at radius 1 is 1.40 bits per heavy atom. The SMILES string of the molecule is Cc1nc(CN(C)C(=O)COc2ccc(Cl)cc2)cs1. The van der Waals surface area contributed by atoms with E-state index >= 15 is 0 Å². The van der Waals surface area contributed by atoms with E-state index in [-0.39, 0.29) is 12.5 Å². The first-order valence-electron chi connectivity index (χ1n) is 6.08. The maximum Gasteiger partial charge on any atom is 0.260 e. The number of aryl methyl sites for hydroxylation is 1. The summed E-state index contributed by atoms with van der Waals surface area (Å²) in [5.74, 6) is 0.534. The molecule has 1 aromatic carbocycles. The lowest BCUT2D eigenvalue weighted by molar-refractivity contribution is -0.132. The molecule has 4 nitrogen and oxygen atoms in total. The van der Waals surface area contributed by atoms with E-state index in [0.29, 0.717) is 17.3 Å². The third kappa shape index (κ3) is 4.21. The zero-order chi connectivity index (χ0) is 14.5. The van der Waals surface area contributed by atoms with E-state index in [9.17, 15) is 4.79 Å². The molecule has 2 aromatic rings. The first kappa shape index (κ1) is 14.8. The Morgan fingerprint density at radius 3 is 2.70 bits per heavy atom. The Kier molecular flexibility index (Phi) is 4.98. The molecule has 0 radical (unpaired) electrons. The molecule has 0 N–H and O–H groups in total. The second kappa shape index (κ2) is 6.72. The van der Waals surface area contributed by atoms with Gasteiger partial charge in [-0.1, -0.05) is 11.6 Å². The van der Waals surface area contributed by atoms with Crippen molar-refractivity contribution in [2.75, 3.05) is 13.7 Å². The van der Waals surface area contributed by atoms with Crippen molar-refractivity contribution < 1.29 is 9.53 Å². The predicted molar refractivity (Wildman–Crippen MR) is 80.3 cm³/mol. The Hall–Kier alpha value is -1.59. The topological polar surface area (TPSA) is 42.4 Å². The molecule has 20 heavy (non-hydrogen) atoms. The second-order valence-corrected chi connectivity index (χ2v) is 5.85. The summed E-state index contributed by atoms with van der Waals surface area (Å²) in [5.41, 5.74) is 0.898. The van der Waals surface area contributed by atoms with Crippen LogP contribution in [0.2, 0.25) is 5.02 Å². The number of aromatic nitrogens is 1. The van der Waals surface area contributed by atoms with Crippen LogP contribution in [0.4, 0.5) is 0 Å². The first-order valence-corrected chi connectivity index (χ1v) is 7.33. The summed E-state index contributed by atoms with van der Waals surface area (Å²) in [5, 5.41) is 3.59. The lowest BCUT2D eigenvalue weighted by atomic mass is 10.3. The molecule has 0 aliphatic carbocycles. The first-order chi connectivity index (χ1) is 9.54. The highest BCUT2D eigenvalue weighted by atomic mass is 35.5. The second-order valence-electron chi connectivity index (χ2n) is 4.35. The zero-order valence-electron chi connectivity index (χ0n) is 11.3. The molecule has 0 saturated carbocycles. The van der Waals surface area contributed by atoms with Gasteiger partial charge in [-0.25, -0.2) is 4.98 Å². The highest BCUT2D eigenvalue weighted by molar-refractivity contribution is 7.09. The van der Waals surface area contributed by atoms with Crippen LogP contribution in [0.1, 0.15) is 10.7 Å². The van der Waals surface area contributed by atoms with Gasteiger partial charge in [0.25, 0.3) is 5.91 Å². The van der Waals surface area contributed by atoms with Gasteiger partial charge in [0, 0.05) is 17.5 Å². The van der Waals surface area contributed by atoms with Crippen LogP contribution < -0.4 is 4.74 Å². The van der Waals surface area contributed by atoms with E-state index in [2.05, 4.69) is 4.98 Å². The molecule has 0 aliphatic rings. The minimum absolute atomic E-state index is 0.00124. The molecule has 0 unspecified atom stereocenters. The molecule has 6 heteroatoms. The van der Waals surface area contributed by atoms with Gasteiger partial charge in [-0.3, -0.25) is 4.79 Å². The third-order valence-electron chi connectivity index (χ3n) is 2.67. The number of ether oxygens (including phenoxy) is 1. The summed E-state index contributed by atoms with van der Waals surface area (Å²) in [6, 6.07) is 6.92. The number of hydrogen-bond acceptors (Lipinski definition) is 4. The number of hydrogen-bond donors (Lipinski definition) is 0. The number of amides is 1. The van der Waals surface area contributed by atoms with Crippen LogP contribution in [0.25, 0.3) is 0 Å². The van der Waals surface area contributed by atoms with Crippen molar-refractivity contribution in [1.82, 2.24) is 9.88 Å². The Morgan fingerprint density at radius 2 is 2.10 bits per heavy atom. The standard InChI is InChI=1S/C14H15ClN2O2S/c1-10-16-12(9-20-10)7-17(2)14(18)8-19-13-5-3-11(15)4-6-13/h3-6,9H,7-8H2,1-2H3. The van der Waals surface area contributed by atoms with Crippen LogP contribution in [0.15, 0.2) is 29.6 Å². The largest absolute Gasteiger partial charge is 0.484 e. The molecule has 1 aromatic heterocycles. The monoisotopic (exact) mass is 310 g/mol. The maximum absolute atomic E-state index is 11.9. The van der Waals surface area contributed by atoms with Gasteiger partial charge in [0.1, 0.15) is 5.75 Å². The summed E-state index contributed by atoms with van der Waals surface area (Å²) in [6.45, 7) is 2.44. The maximum atomic E-state index is 11.9. The van der Waals surface area contributed by atoms with Crippen molar-refractivity contribution in [2.45, 2.75) is 13.5 Å². The molecular weight excluding hydrogens is 296 g/mol. The van der Waals surface area contributed by atoms with Crippen molar-refractivity contribution in [3.8, 4) is 5.75 Å². The van der Waals surface area contributed by atoms with Crippen LogP contribution in [0, 0.1) is 6.92 Å². The van der Waals surface area contributed by atoms with Crippen LogP contribution >= 0.6 is 22.9 Å². The number of likely N-dealkylation sites (N-methyl/N-ethyl adjacent to an activating group) is 1. The van der Waals surface area contributed by atoms with Crippen LogP contribution in [-0.4, -0.2) is 29.4 Å². The highest BCUT2D eigenvalue weighted by Crippen LogP contribution is 2.15. The van der Waals surface area contributed by atoms with Gasteiger partial charge < -0.3 is 9.64 Å². The van der Waals surface area contributed by atoms with Gasteiger partial charge >= 0.3 is 0 Å². The molecule has 0 spiro atoms. The summed E-state index contributed by atoms with van der Waals surface area (Å²) in [4.78, 5) is 17.9. The van der Waals surface area contributed by atoms with E-state index in [1.54, 1.807) is 47.5 Å². The molecule has 0 bridgehead atoms. The molecule has 0 saturated heterocycles. The van der Waals surface area contributed by atoms with Gasteiger partial charge in [0.15, 0.2) is 6.61 Å². The van der Waals surface area contributed by atoms with Gasteiger partial charge in [-0.15, -0.1) is 11.3 Å². The predicted octanol–water partition coefficient (Wildman–Crippen LogP) is 3.14. The van der Waals surface area contributed by atoms with Crippen molar-refractivity contribution in [3.63, 3.8) is 0 Å². The lowest BCUT2D eigenvalue weighted by Crippen LogP contribution is -2.31. The van der Waals surface area contributed by atoms with E-state index in [1.807, 2.05) is 12.3 Å². The van der Waals surface area contributed by atoms with Gasteiger partial charge in [0.2, 0.25) is 0 Å². The number of rotatable bonds is 5. The van der Waals surface area contributed by atoms with Gasteiger partial charge in [-0.05, 0) is 31.2 Å². The Labute approximate surface area is 127 Å². The van der Waals surface area contributed by atoms with Crippen LogP contribution in [-0.2, 0) is 11.3 Å². The molecule has 2 rings (SSSR count). The van der Waals surface area contributed by atoms with Gasteiger partial charge in [-0.2, -0.15) is 0 Å². The third-order valence-corrected chi connectivity index (χ3v) is 3.74. The smallest absolute Gasteiger partial charge is 0.260 e. The number of thiazole rings is 1. The summed E-state index contributed by atoms with van der Waals surface area (Å²) >= 11 is 7.36. The van der Waals surface area contributed by atoms with E-state index in [4.69, 9.17) is 16.3 Å².